The zero-order valence-electron chi connectivity index (χ0n) is 15.5. The van der Waals surface area contributed by atoms with Crippen molar-refractivity contribution in [2.45, 2.75) is 0 Å². The van der Waals surface area contributed by atoms with Gasteiger partial charge in [-0.15, -0.1) is 0 Å². The van der Waals surface area contributed by atoms with Crippen molar-refractivity contribution in [1.29, 1.82) is 0 Å². The van der Waals surface area contributed by atoms with Gasteiger partial charge in [0.1, 0.15) is 11.5 Å². The van der Waals surface area contributed by atoms with Crippen LogP contribution in [0.1, 0.15) is 10.4 Å². The number of hydrogen-bond donors (Lipinski definition) is 1. The van der Waals surface area contributed by atoms with Crippen molar-refractivity contribution >= 4 is 17.6 Å². The summed E-state index contributed by atoms with van der Waals surface area (Å²) in [5, 5.41) is 2.70. The molecule has 2 aromatic rings. The lowest BCUT2D eigenvalue weighted by Gasteiger charge is -2.13. The molecule has 0 radical (unpaired) electrons. The smallest absolute Gasteiger partial charge is 0.337 e. The van der Waals surface area contributed by atoms with Gasteiger partial charge in [-0.1, -0.05) is 0 Å². The van der Waals surface area contributed by atoms with Crippen LogP contribution >= 0.6 is 0 Å². The maximum atomic E-state index is 12.2. The molecule has 1 N–H and O–H groups in total. The first kappa shape index (κ1) is 19.9. The van der Waals surface area contributed by atoms with Crippen molar-refractivity contribution in [2.75, 3.05) is 40.4 Å². The number of carbonyl (C=O) groups excluding carboxylic acids is 2. The van der Waals surface area contributed by atoms with Crippen LogP contribution in [-0.4, -0.2) is 46.9 Å². The summed E-state index contributed by atoms with van der Waals surface area (Å²) >= 11 is 0. The second-order valence-corrected chi connectivity index (χ2v) is 5.26. The molecule has 0 fully saturated rings. The summed E-state index contributed by atoms with van der Waals surface area (Å²) in [7, 11) is 5.76. The molecular weight excluding hydrogens is 354 g/mol. The molecular formula is C19H21NO7. The van der Waals surface area contributed by atoms with E-state index in [-0.39, 0.29) is 6.61 Å². The Bertz CT molecular complexity index is 820. The number of nitrogens with one attached hydrogen (secondary N) is 1. The minimum atomic E-state index is -0.496. The van der Waals surface area contributed by atoms with Crippen molar-refractivity contribution in [3.8, 4) is 23.0 Å². The first-order chi connectivity index (χ1) is 13.0. The minimum absolute atomic E-state index is 0.261. The van der Waals surface area contributed by atoms with Gasteiger partial charge in [0, 0.05) is 6.07 Å². The fourth-order valence-electron chi connectivity index (χ4n) is 2.26. The van der Waals surface area contributed by atoms with Crippen molar-refractivity contribution < 1.29 is 33.3 Å². The lowest BCUT2D eigenvalue weighted by molar-refractivity contribution is -0.118. The number of hydrogen-bond acceptors (Lipinski definition) is 7. The van der Waals surface area contributed by atoms with E-state index >= 15 is 0 Å². The Kier molecular flexibility index (Phi) is 6.87. The van der Waals surface area contributed by atoms with Gasteiger partial charge in [0.25, 0.3) is 5.91 Å². The second-order valence-electron chi connectivity index (χ2n) is 5.26. The van der Waals surface area contributed by atoms with E-state index in [2.05, 4.69) is 10.1 Å². The highest BCUT2D eigenvalue weighted by atomic mass is 16.5. The molecule has 1 amide bonds. The summed E-state index contributed by atoms with van der Waals surface area (Å²) in [5.41, 5.74) is 0.800. The molecule has 0 spiro atoms. The van der Waals surface area contributed by atoms with E-state index < -0.39 is 11.9 Å². The van der Waals surface area contributed by atoms with E-state index in [1.54, 1.807) is 25.3 Å². The summed E-state index contributed by atoms with van der Waals surface area (Å²) < 4.78 is 25.7. The average Bonchev–Trinajstić information content (AvgIpc) is 2.71. The summed E-state index contributed by atoms with van der Waals surface area (Å²) in [6.45, 7) is -0.261. The summed E-state index contributed by atoms with van der Waals surface area (Å²) in [6, 6.07) is 9.56. The lowest BCUT2D eigenvalue weighted by atomic mass is 10.2. The minimum Gasteiger partial charge on any atom is -0.497 e. The summed E-state index contributed by atoms with van der Waals surface area (Å²) in [4.78, 5) is 23.8. The van der Waals surface area contributed by atoms with Crippen LogP contribution in [0.5, 0.6) is 23.0 Å². The van der Waals surface area contributed by atoms with Crippen LogP contribution in [0.3, 0.4) is 0 Å². The highest BCUT2D eigenvalue weighted by Gasteiger charge is 2.14. The molecule has 2 rings (SSSR count). The van der Waals surface area contributed by atoms with Crippen molar-refractivity contribution in [3.63, 3.8) is 0 Å². The number of benzene rings is 2. The molecule has 0 bridgehead atoms. The highest BCUT2D eigenvalue weighted by Crippen LogP contribution is 2.30. The standard InChI is InChI=1S/C19H21NO7/c1-23-13-6-7-14(16(10-13)24-2)20-18(21)11-27-15-8-5-12(19(22)26-4)9-17(15)25-3/h5-10H,11H2,1-4H3,(H,20,21). The maximum Gasteiger partial charge on any atom is 0.337 e. The molecule has 8 heteroatoms. The second kappa shape index (κ2) is 9.33. The monoisotopic (exact) mass is 375 g/mol. The van der Waals surface area contributed by atoms with E-state index in [4.69, 9.17) is 18.9 Å². The van der Waals surface area contributed by atoms with Gasteiger partial charge in [0.15, 0.2) is 18.1 Å². The van der Waals surface area contributed by atoms with Crippen molar-refractivity contribution in [2.24, 2.45) is 0 Å². The quantitative estimate of drug-likeness (QED) is 0.709. The summed E-state index contributed by atoms with van der Waals surface area (Å²) in [6.07, 6.45) is 0. The van der Waals surface area contributed by atoms with Gasteiger partial charge in [0.05, 0.1) is 39.7 Å². The number of carbonyl (C=O) groups is 2. The summed E-state index contributed by atoms with van der Waals surface area (Å²) in [5.74, 6) is 0.815. The van der Waals surface area contributed by atoms with Gasteiger partial charge >= 0.3 is 5.97 Å². The van der Waals surface area contributed by atoms with Crippen LogP contribution in [-0.2, 0) is 9.53 Å². The molecule has 0 aromatic heterocycles. The third kappa shape index (κ3) is 5.04. The van der Waals surface area contributed by atoms with Crippen molar-refractivity contribution in [1.82, 2.24) is 0 Å². The normalized spacial score (nSPS) is 9.93. The molecule has 2 aromatic carbocycles. The Morgan fingerprint density at radius 3 is 2.22 bits per heavy atom. The van der Waals surface area contributed by atoms with E-state index in [1.165, 1.54) is 39.5 Å². The molecule has 0 aliphatic heterocycles. The fourth-order valence-corrected chi connectivity index (χ4v) is 2.26. The molecule has 0 unspecified atom stereocenters. The topological polar surface area (TPSA) is 92.3 Å². The van der Waals surface area contributed by atoms with Gasteiger partial charge in [-0.3, -0.25) is 4.79 Å². The predicted octanol–water partition coefficient (Wildman–Crippen LogP) is 2.52. The fraction of sp³-hybridized carbons (Fsp3) is 0.263. The van der Waals surface area contributed by atoms with E-state index in [1.807, 2.05) is 0 Å². The number of anilines is 1. The lowest BCUT2D eigenvalue weighted by Crippen LogP contribution is -2.20. The van der Waals surface area contributed by atoms with Crippen LogP contribution < -0.4 is 24.3 Å². The molecule has 8 nitrogen and oxygen atoms in total. The van der Waals surface area contributed by atoms with E-state index in [0.717, 1.165) is 0 Å². The number of ether oxygens (including phenoxy) is 5. The number of amides is 1. The molecule has 144 valence electrons. The zero-order chi connectivity index (χ0) is 19.8. The third-order valence-corrected chi connectivity index (χ3v) is 3.63. The van der Waals surface area contributed by atoms with Gasteiger partial charge in [0.2, 0.25) is 0 Å². The van der Waals surface area contributed by atoms with Gasteiger partial charge in [-0.2, -0.15) is 0 Å². The van der Waals surface area contributed by atoms with Crippen LogP contribution in [0.2, 0.25) is 0 Å². The zero-order valence-corrected chi connectivity index (χ0v) is 15.5. The van der Waals surface area contributed by atoms with Gasteiger partial charge in [-0.25, -0.2) is 4.79 Å². The number of methoxy groups -OCH3 is 4. The Morgan fingerprint density at radius 1 is 0.852 bits per heavy atom. The van der Waals surface area contributed by atoms with E-state index in [0.29, 0.717) is 34.2 Å². The Morgan fingerprint density at radius 2 is 1.59 bits per heavy atom. The first-order valence-electron chi connectivity index (χ1n) is 7.93. The molecule has 0 atom stereocenters. The Labute approximate surface area is 156 Å². The largest absolute Gasteiger partial charge is 0.497 e. The molecule has 0 saturated heterocycles. The highest BCUT2D eigenvalue weighted by molar-refractivity contribution is 5.93. The van der Waals surface area contributed by atoms with Crippen LogP contribution in [0, 0.1) is 0 Å². The molecule has 0 aliphatic rings. The van der Waals surface area contributed by atoms with Gasteiger partial charge < -0.3 is 29.0 Å². The van der Waals surface area contributed by atoms with Crippen LogP contribution in [0.25, 0.3) is 0 Å². The molecule has 27 heavy (non-hydrogen) atoms. The van der Waals surface area contributed by atoms with E-state index in [9.17, 15) is 9.59 Å². The Hall–Kier alpha value is -3.42. The third-order valence-electron chi connectivity index (χ3n) is 3.63. The molecule has 0 saturated carbocycles. The first-order valence-corrected chi connectivity index (χ1v) is 7.93. The number of rotatable bonds is 8. The SMILES string of the molecule is COC(=O)c1ccc(OCC(=O)Nc2ccc(OC)cc2OC)c(OC)c1. The van der Waals surface area contributed by atoms with Gasteiger partial charge in [-0.05, 0) is 30.3 Å². The Balaban J connectivity index is 2.04. The molecule has 0 aliphatic carbocycles. The average molecular weight is 375 g/mol. The van der Waals surface area contributed by atoms with Crippen molar-refractivity contribution in [3.05, 3.63) is 42.0 Å². The predicted molar refractivity (Wildman–Crippen MR) is 98.0 cm³/mol. The van der Waals surface area contributed by atoms with Crippen LogP contribution in [0.4, 0.5) is 5.69 Å². The maximum absolute atomic E-state index is 12.2. The van der Waals surface area contributed by atoms with Crippen LogP contribution in [0.15, 0.2) is 36.4 Å². The number of esters is 1. The molecule has 0 heterocycles.